The number of hydrogen-bond donors (Lipinski definition) is 0. The van der Waals surface area contributed by atoms with E-state index in [9.17, 15) is 9.59 Å². The van der Waals surface area contributed by atoms with E-state index in [0.717, 1.165) is 12.8 Å². The summed E-state index contributed by atoms with van der Waals surface area (Å²) in [5.41, 5.74) is 1.17. The number of rotatable bonds is 3. The van der Waals surface area contributed by atoms with Crippen LogP contribution in [0.1, 0.15) is 33.6 Å². The smallest absolute Gasteiger partial charge is 0.337 e. The summed E-state index contributed by atoms with van der Waals surface area (Å²) in [6, 6.07) is 6.77. The summed E-state index contributed by atoms with van der Waals surface area (Å²) in [5.74, 6) is 0.773. The van der Waals surface area contributed by atoms with Gasteiger partial charge in [0.05, 0.1) is 12.7 Å². The average molecular weight is 256 g/mol. The predicted octanol–water partition coefficient (Wildman–Crippen LogP) is 2.87. The summed E-state index contributed by atoms with van der Waals surface area (Å²) in [4.78, 5) is 23.9. The monoisotopic (exact) mass is 256 g/mol. The molecule has 1 aromatic rings. The lowest BCUT2D eigenvalue weighted by Crippen LogP contribution is -2.19. The van der Waals surface area contributed by atoms with Crippen LogP contribution in [0.15, 0.2) is 36.4 Å². The molecule has 0 aromatic heterocycles. The van der Waals surface area contributed by atoms with Crippen LogP contribution in [0, 0.1) is 17.8 Å². The SMILES string of the molecule is COC(=O)c1ccc(C(=O)C2[C@@H]3C=C[C@H]2CC3)cc1. The van der Waals surface area contributed by atoms with Gasteiger partial charge in [-0.1, -0.05) is 24.3 Å². The van der Waals surface area contributed by atoms with Crippen LogP contribution in [0.5, 0.6) is 0 Å². The third-order valence-corrected chi connectivity index (χ3v) is 4.25. The van der Waals surface area contributed by atoms with E-state index in [1.165, 1.54) is 7.11 Å². The first-order valence-electron chi connectivity index (χ1n) is 6.61. The summed E-state index contributed by atoms with van der Waals surface area (Å²) in [6.07, 6.45) is 6.61. The van der Waals surface area contributed by atoms with Gasteiger partial charge in [-0.3, -0.25) is 4.79 Å². The van der Waals surface area contributed by atoms with Gasteiger partial charge in [0.15, 0.2) is 5.78 Å². The van der Waals surface area contributed by atoms with E-state index in [4.69, 9.17) is 0 Å². The zero-order chi connectivity index (χ0) is 13.4. The molecule has 0 heterocycles. The Bertz CT molecular complexity index is 528. The van der Waals surface area contributed by atoms with Crippen molar-refractivity contribution in [2.24, 2.45) is 17.8 Å². The van der Waals surface area contributed by atoms with Gasteiger partial charge in [-0.05, 0) is 36.8 Å². The van der Waals surface area contributed by atoms with Crippen LogP contribution in [0.3, 0.4) is 0 Å². The number of hydrogen-bond acceptors (Lipinski definition) is 3. The molecule has 2 aliphatic rings. The standard InChI is InChI=1S/C16H16O3/c1-19-16(18)13-8-6-12(7-9-13)15(17)14-10-2-3-11(14)5-4-10/h2-3,6-11,14H,4-5H2,1H3/t10-,11+,14?. The maximum absolute atomic E-state index is 12.5. The van der Waals surface area contributed by atoms with Gasteiger partial charge in [-0.25, -0.2) is 4.79 Å². The van der Waals surface area contributed by atoms with Crippen LogP contribution >= 0.6 is 0 Å². The van der Waals surface area contributed by atoms with Crippen molar-refractivity contribution in [3.8, 4) is 0 Å². The molecule has 1 fully saturated rings. The molecule has 0 aliphatic heterocycles. The van der Waals surface area contributed by atoms with Gasteiger partial charge < -0.3 is 4.74 Å². The number of fused-ring (bicyclic) bond motifs is 2. The summed E-state index contributed by atoms with van der Waals surface area (Å²) in [7, 11) is 1.35. The minimum atomic E-state index is -0.374. The van der Waals surface area contributed by atoms with Crippen LogP contribution in [-0.2, 0) is 4.74 Å². The van der Waals surface area contributed by atoms with Gasteiger partial charge in [-0.15, -0.1) is 0 Å². The first-order valence-corrected chi connectivity index (χ1v) is 6.61. The Kier molecular flexibility index (Phi) is 2.97. The molecule has 0 spiro atoms. The fourth-order valence-corrected chi connectivity index (χ4v) is 3.25. The lowest BCUT2D eigenvalue weighted by atomic mass is 9.88. The number of Topliss-reactive ketones (excluding diaryl/α,β-unsaturated/α-hetero) is 1. The fraction of sp³-hybridized carbons (Fsp3) is 0.375. The predicted molar refractivity (Wildman–Crippen MR) is 71.0 cm³/mol. The lowest BCUT2D eigenvalue weighted by Gasteiger charge is -2.14. The molecule has 0 amide bonds. The molecule has 98 valence electrons. The highest BCUT2D eigenvalue weighted by Gasteiger charge is 2.42. The van der Waals surface area contributed by atoms with E-state index >= 15 is 0 Å². The van der Waals surface area contributed by atoms with Crippen molar-refractivity contribution in [1.82, 2.24) is 0 Å². The van der Waals surface area contributed by atoms with E-state index < -0.39 is 0 Å². The van der Waals surface area contributed by atoms with Crippen LogP contribution in [0.25, 0.3) is 0 Å². The lowest BCUT2D eigenvalue weighted by molar-refractivity contribution is 0.0600. The maximum atomic E-state index is 12.5. The Morgan fingerprint density at radius 1 is 1.00 bits per heavy atom. The minimum Gasteiger partial charge on any atom is -0.465 e. The second-order valence-electron chi connectivity index (χ2n) is 5.25. The maximum Gasteiger partial charge on any atom is 0.337 e. The number of methoxy groups -OCH3 is 1. The Hall–Kier alpha value is -1.90. The van der Waals surface area contributed by atoms with Crippen LogP contribution in [0.4, 0.5) is 0 Å². The quantitative estimate of drug-likeness (QED) is 0.474. The summed E-state index contributed by atoms with van der Waals surface area (Å²) in [6.45, 7) is 0. The van der Waals surface area contributed by atoms with E-state index in [1.807, 2.05) is 0 Å². The van der Waals surface area contributed by atoms with E-state index in [-0.39, 0.29) is 17.7 Å². The Balaban J connectivity index is 1.79. The Labute approximate surface area is 112 Å². The van der Waals surface area contributed by atoms with Crippen LogP contribution in [0.2, 0.25) is 0 Å². The van der Waals surface area contributed by atoms with Gasteiger partial charge in [0.25, 0.3) is 0 Å². The molecule has 1 aromatic carbocycles. The Morgan fingerprint density at radius 2 is 1.53 bits per heavy atom. The zero-order valence-corrected chi connectivity index (χ0v) is 10.8. The minimum absolute atomic E-state index is 0.115. The van der Waals surface area contributed by atoms with Crippen molar-refractivity contribution < 1.29 is 14.3 Å². The fourth-order valence-electron chi connectivity index (χ4n) is 3.25. The average Bonchev–Trinajstić information content (AvgIpc) is 3.06. The molecular weight excluding hydrogens is 240 g/mol. The molecule has 2 aliphatic carbocycles. The second kappa shape index (κ2) is 4.65. The molecule has 2 bridgehead atoms. The van der Waals surface area contributed by atoms with Crippen molar-refractivity contribution in [3.05, 3.63) is 47.5 Å². The molecule has 0 radical (unpaired) electrons. The number of benzene rings is 1. The van der Waals surface area contributed by atoms with Crippen LogP contribution < -0.4 is 0 Å². The van der Waals surface area contributed by atoms with Crippen molar-refractivity contribution >= 4 is 11.8 Å². The molecule has 3 heteroatoms. The molecule has 3 rings (SSSR count). The zero-order valence-electron chi connectivity index (χ0n) is 10.8. The number of carbonyl (C=O) groups excluding carboxylic acids is 2. The van der Waals surface area contributed by atoms with Crippen molar-refractivity contribution in [2.75, 3.05) is 7.11 Å². The number of allylic oxidation sites excluding steroid dienone is 2. The topological polar surface area (TPSA) is 43.4 Å². The Morgan fingerprint density at radius 3 is 2.00 bits per heavy atom. The molecule has 19 heavy (non-hydrogen) atoms. The third kappa shape index (κ3) is 1.99. The van der Waals surface area contributed by atoms with Crippen molar-refractivity contribution in [2.45, 2.75) is 12.8 Å². The highest BCUT2D eigenvalue weighted by atomic mass is 16.5. The molecule has 3 nitrogen and oxygen atoms in total. The van der Waals surface area contributed by atoms with Crippen molar-refractivity contribution in [1.29, 1.82) is 0 Å². The second-order valence-corrected chi connectivity index (χ2v) is 5.25. The summed E-state index contributed by atoms with van der Waals surface area (Å²) >= 11 is 0. The van der Waals surface area contributed by atoms with Gasteiger partial charge >= 0.3 is 5.97 Å². The van der Waals surface area contributed by atoms with Gasteiger partial charge in [0, 0.05) is 11.5 Å². The third-order valence-electron chi connectivity index (χ3n) is 4.25. The summed E-state index contributed by atoms with van der Waals surface area (Å²) in [5, 5.41) is 0. The molecular formula is C16H16O3. The van der Waals surface area contributed by atoms with E-state index in [2.05, 4.69) is 16.9 Å². The highest BCUT2D eigenvalue weighted by molar-refractivity contribution is 6.00. The molecule has 1 unspecified atom stereocenters. The number of ketones is 1. The van der Waals surface area contributed by atoms with Gasteiger partial charge in [0.2, 0.25) is 0 Å². The number of carbonyl (C=O) groups is 2. The summed E-state index contributed by atoms with van der Waals surface area (Å²) < 4.78 is 4.65. The van der Waals surface area contributed by atoms with Crippen LogP contribution in [-0.4, -0.2) is 18.9 Å². The first kappa shape index (κ1) is 12.2. The number of ether oxygens (including phenoxy) is 1. The largest absolute Gasteiger partial charge is 0.465 e. The van der Waals surface area contributed by atoms with Gasteiger partial charge in [-0.2, -0.15) is 0 Å². The van der Waals surface area contributed by atoms with E-state index in [1.54, 1.807) is 24.3 Å². The van der Waals surface area contributed by atoms with Gasteiger partial charge in [0.1, 0.15) is 0 Å². The normalized spacial score (nSPS) is 27.5. The van der Waals surface area contributed by atoms with E-state index in [0.29, 0.717) is 23.0 Å². The molecule has 1 saturated carbocycles. The first-order chi connectivity index (χ1) is 9.20. The molecule has 3 atom stereocenters. The molecule has 0 N–H and O–H groups in total. The molecule has 0 saturated heterocycles. The van der Waals surface area contributed by atoms with Crippen molar-refractivity contribution in [3.63, 3.8) is 0 Å². The number of esters is 1. The highest BCUT2D eigenvalue weighted by Crippen LogP contribution is 2.45.